The molecule has 0 bridgehead atoms. The molecule has 1 saturated heterocycles. The summed E-state index contributed by atoms with van der Waals surface area (Å²) in [6.07, 6.45) is 3.29. The van der Waals surface area contributed by atoms with Crippen LogP contribution in [-0.2, 0) is 24.0 Å². The van der Waals surface area contributed by atoms with E-state index in [0.29, 0.717) is 25.1 Å². The lowest BCUT2D eigenvalue weighted by Gasteiger charge is -2.26. The fraction of sp³-hybridized carbons (Fsp3) is 0.750. The van der Waals surface area contributed by atoms with Gasteiger partial charge in [0.05, 0.1) is 12.5 Å². The summed E-state index contributed by atoms with van der Waals surface area (Å²) >= 11 is 1.44. The van der Waals surface area contributed by atoms with Crippen LogP contribution in [0.25, 0.3) is 0 Å². The minimum absolute atomic E-state index is 0.212. The van der Waals surface area contributed by atoms with Gasteiger partial charge in [-0.15, -0.1) is 0 Å². The van der Waals surface area contributed by atoms with Crippen molar-refractivity contribution in [3.8, 4) is 0 Å². The summed E-state index contributed by atoms with van der Waals surface area (Å²) in [6.45, 7) is 4.16. The van der Waals surface area contributed by atoms with Crippen molar-refractivity contribution >= 4 is 41.4 Å². The summed E-state index contributed by atoms with van der Waals surface area (Å²) in [7, 11) is 0. The van der Waals surface area contributed by atoms with Gasteiger partial charge in [-0.05, 0) is 43.7 Å². The molecule has 5 unspecified atom stereocenters. The van der Waals surface area contributed by atoms with Crippen LogP contribution in [0.4, 0.5) is 0 Å². The van der Waals surface area contributed by atoms with E-state index in [1.807, 2.05) is 6.26 Å². The summed E-state index contributed by atoms with van der Waals surface area (Å²) in [5.41, 5.74) is 0. The van der Waals surface area contributed by atoms with Gasteiger partial charge >= 0.3 is 11.9 Å². The minimum atomic E-state index is -1.36. The van der Waals surface area contributed by atoms with Gasteiger partial charge in [0, 0.05) is 0 Å². The maximum atomic E-state index is 12.8. The van der Waals surface area contributed by atoms with Crippen molar-refractivity contribution < 1.29 is 34.2 Å². The Kier molecular flexibility index (Phi) is 12.1. The molecule has 1 fully saturated rings. The first-order chi connectivity index (χ1) is 15.1. The zero-order valence-electron chi connectivity index (χ0n) is 18.7. The molecule has 0 aromatic rings. The third-order valence-electron chi connectivity index (χ3n) is 5.41. The van der Waals surface area contributed by atoms with E-state index < -0.39 is 60.2 Å². The number of hydrogen-bond acceptors (Lipinski definition) is 7. The Morgan fingerprint density at radius 2 is 1.72 bits per heavy atom. The molecule has 0 aromatic heterocycles. The Hall–Kier alpha value is -2.34. The van der Waals surface area contributed by atoms with Crippen LogP contribution in [-0.4, -0.2) is 82.6 Å². The number of aliphatic carboxylic acids is 2. The predicted molar refractivity (Wildman–Crippen MR) is 119 cm³/mol. The summed E-state index contributed by atoms with van der Waals surface area (Å²) in [5.74, 6) is -4.24. The van der Waals surface area contributed by atoms with Gasteiger partial charge < -0.3 is 31.5 Å². The fourth-order valence-corrected chi connectivity index (χ4v) is 3.75. The van der Waals surface area contributed by atoms with Crippen LogP contribution < -0.4 is 21.3 Å². The average Bonchev–Trinajstić information content (AvgIpc) is 3.28. The van der Waals surface area contributed by atoms with Crippen molar-refractivity contribution in [3.63, 3.8) is 0 Å². The number of thioether (sulfide) groups is 1. The van der Waals surface area contributed by atoms with Gasteiger partial charge in [-0.2, -0.15) is 11.8 Å². The second-order valence-electron chi connectivity index (χ2n) is 7.86. The highest BCUT2D eigenvalue weighted by Crippen LogP contribution is 2.10. The Balaban J connectivity index is 2.92. The molecule has 1 aliphatic rings. The lowest BCUT2D eigenvalue weighted by Crippen LogP contribution is -2.58. The van der Waals surface area contributed by atoms with E-state index in [4.69, 9.17) is 5.11 Å². The molecule has 1 aliphatic heterocycles. The van der Waals surface area contributed by atoms with Crippen LogP contribution in [0.5, 0.6) is 0 Å². The third kappa shape index (κ3) is 9.03. The summed E-state index contributed by atoms with van der Waals surface area (Å²) in [6, 6.07) is -4.05. The van der Waals surface area contributed by atoms with Crippen LogP contribution in [0.15, 0.2) is 0 Å². The molecule has 6 N–H and O–H groups in total. The van der Waals surface area contributed by atoms with Crippen molar-refractivity contribution in [3.05, 3.63) is 0 Å². The third-order valence-corrected chi connectivity index (χ3v) is 6.05. The molecule has 3 amide bonds. The molecular weight excluding hydrogens is 440 g/mol. The lowest BCUT2D eigenvalue weighted by molar-refractivity contribution is -0.144. The lowest BCUT2D eigenvalue weighted by atomic mass is 9.98. The number of amides is 3. The second-order valence-corrected chi connectivity index (χ2v) is 8.85. The van der Waals surface area contributed by atoms with E-state index >= 15 is 0 Å². The Morgan fingerprint density at radius 3 is 2.22 bits per heavy atom. The molecule has 1 rings (SSSR count). The minimum Gasteiger partial charge on any atom is -0.481 e. The first kappa shape index (κ1) is 27.7. The Labute approximate surface area is 191 Å². The van der Waals surface area contributed by atoms with Crippen LogP contribution in [0.3, 0.4) is 0 Å². The molecule has 0 saturated carbocycles. The second kappa shape index (κ2) is 13.9. The van der Waals surface area contributed by atoms with E-state index in [-0.39, 0.29) is 12.3 Å². The smallest absolute Gasteiger partial charge is 0.326 e. The fourth-order valence-electron chi connectivity index (χ4n) is 3.28. The normalized spacial score (nSPS) is 19.3. The molecule has 0 aliphatic carbocycles. The van der Waals surface area contributed by atoms with Gasteiger partial charge in [0.15, 0.2) is 0 Å². The quantitative estimate of drug-likeness (QED) is 0.195. The molecule has 0 radical (unpaired) electrons. The maximum Gasteiger partial charge on any atom is 0.326 e. The highest BCUT2D eigenvalue weighted by atomic mass is 32.2. The van der Waals surface area contributed by atoms with Crippen LogP contribution >= 0.6 is 11.8 Å². The van der Waals surface area contributed by atoms with E-state index in [2.05, 4.69) is 21.3 Å². The number of carbonyl (C=O) groups is 5. The topological polar surface area (TPSA) is 174 Å². The molecule has 11 nitrogen and oxygen atoms in total. The first-order valence-electron chi connectivity index (χ1n) is 10.7. The van der Waals surface area contributed by atoms with Gasteiger partial charge in [0.25, 0.3) is 0 Å². The zero-order valence-corrected chi connectivity index (χ0v) is 19.5. The highest BCUT2D eigenvalue weighted by molar-refractivity contribution is 7.98. The van der Waals surface area contributed by atoms with Crippen molar-refractivity contribution in [2.45, 2.75) is 70.1 Å². The molecule has 5 atom stereocenters. The van der Waals surface area contributed by atoms with Gasteiger partial charge in [-0.1, -0.05) is 20.3 Å². The van der Waals surface area contributed by atoms with Crippen molar-refractivity contribution in [2.24, 2.45) is 5.92 Å². The van der Waals surface area contributed by atoms with Gasteiger partial charge in [0.2, 0.25) is 17.7 Å². The molecule has 12 heteroatoms. The molecule has 0 aromatic carbocycles. The van der Waals surface area contributed by atoms with Crippen molar-refractivity contribution in [2.75, 3.05) is 18.6 Å². The largest absolute Gasteiger partial charge is 0.481 e. The van der Waals surface area contributed by atoms with E-state index in [9.17, 15) is 29.1 Å². The van der Waals surface area contributed by atoms with Gasteiger partial charge in [-0.3, -0.25) is 19.2 Å². The number of hydrogen-bond donors (Lipinski definition) is 6. The number of carboxylic acid groups (broad SMARTS) is 2. The summed E-state index contributed by atoms with van der Waals surface area (Å²) in [4.78, 5) is 60.7. The Bertz CT molecular complexity index is 685. The van der Waals surface area contributed by atoms with E-state index in [1.165, 1.54) is 11.8 Å². The van der Waals surface area contributed by atoms with E-state index in [1.54, 1.807) is 13.8 Å². The van der Waals surface area contributed by atoms with E-state index in [0.717, 1.165) is 6.42 Å². The summed E-state index contributed by atoms with van der Waals surface area (Å²) < 4.78 is 0. The highest BCUT2D eigenvalue weighted by Gasteiger charge is 2.33. The van der Waals surface area contributed by atoms with Gasteiger partial charge in [-0.25, -0.2) is 4.79 Å². The van der Waals surface area contributed by atoms with Crippen molar-refractivity contribution in [1.29, 1.82) is 0 Å². The Morgan fingerprint density at radius 1 is 1.06 bits per heavy atom. The summed E-state index contributed by atoms with van der Waals surface area (Å²) in [5, 5.41) is 29.0. The van der Waals surface area contributed by atoms with Crippen molar-refractivity contribution in [1.82, 2.24) is 21.3 Å². The monoisotopic (exact) mass is 474 g/mol. The van der Waals surface area contributed by atoms with Gasteiger partial charge in [0.1, 0.15) is 18.1 Å². The molecule has 182 valence electrons. The van der Waals surface area contributed by atoms with Crippen LogP contribution in [0.1, 0.15) is 46.0 Å². The molecular formula is C20H34N4O7S. The number of nitrogens with one attached hydrogen (secondary N) is 4. The number of rotatable bonds is 14. The maximum absolute atomic E-state index is 12.8. The van der Waals surface area contributed by atoms with Crippen LogP contribution in [0.2, 0.25) is 0 Å². The first-order valence-corrected chi connectivity index (χ1v) is 12.1. The zero-order chi connectivity index (χ0) is 24.3. The number of carbonyl (C=O) groups excluding carboxylic acids is 3. The standard InChI is InChI=1S/C20H34N4O7S/c1-4-11(2)16(20(30)31)24-18(28)13(7-9-32-3)22-19(29)14(10-15(25)26)23-17(27)12-6-5-8-21-12/h11-14,16,21H,4-10H2,1-3H3,(H,22,29)(H,23,27)(H,24,28)(H,25,26)(H,30,31). The molecule has 1 heterocycles. The molecule has 32 heavy (non-hydrogen) atoms. The van der Waals surface area contributed by atoms with Crippen LogP contribution in [0, 0.1) is 5.92 Å². The number of carboxylic acids is 2. The molecule has 0 spiro atoms. The predicted octanol–water partition coefficient (Wildman–Crippen LogP) is -0.449. The SMILES string of the molecule is CCC(C)C(NC(=O)C(CCSC)NC(=O)C(CC(=O)O)NC(=O)C1CCCN1)C(=O)O. The average molecular weight is 475 g/mol.